The lowest BCUT2D eigenvalue weighted by Crippen LogP contribution is -2.49. The fourth-order valence-electron chi connectivity index (χ4n) is 3.67. The molecule has 0 N–H and O–H groups in total. The minimum absolute atomic E-state index is 0.0690. The average Bonchev–Trinajstić information content (AvgIpc) is 2.99. The Morgan fingerprint density at radius 3 is 2.52 bits per heavy atom. The first-order valence-corrected chi connectivity index (χ1v) is 10.8. The molecule has 7 nitrogen and oxygen atoms in total. The van der Waals surface area contributed by atoms with Gasteiger partial charge in [-0.1, -0.05) is 12.1 Å². The molecule has 0 unspecified atom stereocenters. The minimum Gasteiger partial charge on any atom is -0.425 e. The molecule has 2 heterocycles. The second-order valence-electron chi connectivity index (χ2n) is 7.09. The van der Waals surface area contributed by atoms with Crippen molar-refractivity contribution in [3.8, 4) is 5.75 Å². The van der Waals surface area contributed by atoms with Gasteiger partial charge in [0.25, 0.3) is 10.0 Å². The molecule has 2 aliphatic heterocycles. The summed E-state index contributed by atoms with van der Waals surface area (Å²) in [5.74, 6) is 0.103. The highest BCUT2D eigenvalue weighted by atomic mass is 32.2. The maximum absolute atomic E-state index is 12.9. The van der Waals surface area contributed by atoms with Crippen molar-refractivity contribution in [1.29, 1.82) is 0 Å². The monoisotopic (exact) mass is 412 g/mol. The molecule has 4 rings (SSSR count). The molecular weight excluding hydrogens is 392 g/mol. The number of likely N-dealkylation sites (tertiary alicyclic amines) is 1. The highest BCUT2D eigenvalue weighted by molar-refractivity contribution is 7.90. The van der Waals surface area contributed by atoms with Crippen LogP contribution < -0.4 is 4.74 Å². The molecule has 2 aliphatic rings. The number of carbonyl (C=O) groups excluding carboxylic acids is 2. The van der Waals surface area contributed by atoms with Crippen molar-refractivity contribution in [2.45, 2.75) is 37.1 Å². The van der Waals surface area contributed by atoms with Crippen LogP contribution in [0.25, 0.3) is 0 Å². The first-order valence-electron chi connectivity index (χ1n) is 9.40. The molecule has 8 heteroatoms. The predicted molar refractivity (Wildman–Crippen MR) is 107 cm³/mol. The number of ether oxygens (including phenoxy) is 1. The molecule has 2 aromatic carbocycles. The zero-order chi connectivity index (χ0) is 20.6. The topological polar surface area (TPSA) is 93.1 Å². The van der Waals surface area contributed by atoms with Crippen LogP contribution in [0.4, 0.5) is 0 Å². The van der Waals surface area contributed by atoms with E-state index in [2.05, 4.69) is 4.40 Å². The van der Waals surface area contributed by atoms with Crippen molar-refractivity contribution in [3.05, 3.63) is 59.7 Å². The lowest BCUT2D eigenvalue weighted by atomic mass is 10.0. The van der Waals surface area contributed by atoms with Crippen molar-refractivity contribution in [2.24, 2.45) is 4.40 Å². The van der Waals surface area contributed by atoms with E-state index in [9.17, 15) is 18.0 Å². The fourth-order valence-corrected chi connectivity index (χ4v) is 4.88. The lowest BCUT2D eigenvalue weighted by Gasteiger charge is -2.35. The van der Waals surface area contributed by atoms with E-state index in [0.717, 1.165) is 12.8 Å². The summed E-state index contributed by atoms with van der Waals surface area (Å²) >= 11 is 0. The smallest absolute Gasteiger partial charge is 0.334 e. The number of Topliss-reactive ketones (excluding diaryl/α,β-unsaturated/α-hetero) is 1. The molecule has 1 atom stereocenters. The number of amidine groups is 1. The Kier molecular flexibility index (Phi) is 4.96. The quantitative estimate of drug-likeness (QED) is 0.437. The number of rotatable bonds is 3. The second kappa shape index (κ2) is 7.44. The Hall–Kier alpha value is -3.00. The standard InChI is InChI=1S/C21H20N2O5S/c1-14(24)15-9-11-16(12-10-15)28-21(25)18-7-4-5-13-23(18)20-17-6-2-3-8-19(17)29(26,27)22-20/h2-3,6,8-12,18H,4-5,7,13H2,1H3/t18-/m1/s1. The van der Waals surface area contributed by atoms with Crippen LogP contribution in [0.1, 0.15) is 42.1 Å². The Labute approximate surface area is 169 Å². The van der Waals surface area contributed by atoms with E-state index in [4.69, 9.17) is 4.74 Å². The molecule has 1 fully saturated rings. The van der Waals surface area contributed by atoms with E-state index in [1.165, 1.54) is 13.0 Å². The van der Waals surface area contributed by atoms with E-state index in [-0.39, 0.29) is 10.7 Å². The maximum atomic E-state index is 12.9. The Morgan fingerprint density at radius 1 is 1.07 bits per heavy atom. The zero-order valence-corrected chi connectivity index (χ0v) is 16.7. The largest absolute Gasteiger partial charge is 0.425 e. The summed E-state index contributed by atoms with van der Waals surface area (Å²) in [6.45, 7) is 1.99. The van der Waals surface area contributed by atoms with Crippen molar-refractivity contribution in [1.82, 2.24) is 4.90 Å². The molecule has 0 saturated carbocycles. The van der Waals surface area contributed by atoms with E-state index in [1.807, 2.05) is 0 Å². The fraction of sp³-hybridized carbons (Fsp3) is 0.286. The third kappa shape index (κ3) is 3.67. The van der Waals surface area contributed by atoms with Gasteiger partial charge >= 0.3 is 5.97 Å². The van der Waals surface area contributed by atoms with E-state index >= 15 is 0 Å². The summed E-state index contributed by atoms with van der Waals surface area (Å²) < 4.78 is 34.3. The molecular formula is C21H20N2O5S. The SMILES string of the molecule is CC(=O)c1ccc(OC(=O)[C@H]2CCCCN2C2=NS(=O)(=O)c3ccccc32)cc1. The van der Waals surface area contributed by atoms with Crippen LogP contribution >= 0.6 is 0 Å². The first-order chi connectivity index (χ1) is 13.9. The molecule has 0 bridgehead atoms. The van der Waals surface area contributed by atoms with Gasteiger partial charge in [0.2, 0.25) is 0 Å². The number of benzene rings is 2. The van der Waals surface area contributed by atoms with Gasteiger partial charge in [0.05, 0.1) is 0 Å². The van der Waals surface area contributed by atoms with Crippen molar-refractivity contribution >= 4 is 27.6 Å². The Bertz CT molecular complexity index is 1110. The van der Waals surface area contributed by atoms with Crippen LogP contribution in [0.3, 0.4) is 0 Å². The molecule has 2 aromatic rings. The van der Waals surface area contributed by atoms with Gasteiger partial charge in [0, 0.05) is 17.7 Å². The third-order valence-corrected chi connectivity index (χ3v) is 6.46. The Morgan fingerprint density at radius 2 is 1.79 bits per heavy atom. The van der Waals surface area contributed by atoms with Gasteiger partial charge in [-0.2, -0.15) is 8.42 Å². The average molecular weight is 412 g/mol. The van der Waals surface area contributed by atoms with Gasteiger partial charge < -0.3 is 9.64 Å². The highest BCUT2D eigenvalue weighted by Crippen LogP contribution is 2.31. The van der Waals surface area contributed by atoms with E-state index in [1.54, 1.807) is 47.4 Å². The molecule has 0 radical (unpaired) electrons. The summed E-state index contributed by atoms with van der Waals surface area (Å²) in [5, 5.41) is 0. The molecule has 0 amide bonds. The lowest BCUT2D eigenvalue weighted by molar-refractivity contribution is -0.139. The van der Waals surface area contributed by atoms with Crippen LogP contribution in [-0.2, 0) is 14.8 Å². The third-order valence-electron chi connectivity index (χ3n) is 5.14. The molecule has 1 saturated heterocycles. The minimum atomic E-state index is -3.76. The van der Waals surface area contributed by atoms with Gasteiger partial charge in [0.1, 0.15) is 16.7 Å². The highest BCUT2D eigenvalue weighted by Gasteiger charge is 2.38. The van der Waals surface area contributed by atoms with Crippen LogP contribution in [0.15, 0.2) is 57.8 Å². The number of piperidine rings is 1. The number of carbonyl (C=O) groups is 2. The summed E-state index contributed by atoms with van der Waals surface area (Å²) in [4.78, 5) is 26.2. The first kappa shape index (κ1) is 19.3. The Balaban J connectivity index is 1.60. The molecule has 0 spiro atoms. The van der Waals surface area contributed by atoms with Crippen LogP contribution in [0.2, 0.25) is 0 Å². The molecule has 29 heavy (non-hydrogen) atoms. The number of hydrogen-bond acceptors (Lipinski definition) is 6. The van der Waals surface area contributed by atoms with Crippen molar-refractivity contribution in [3.63, 3.8) is 0 Å². The summed E-state index contributed by atoms with van der Waals surface area (Å²) in [5.41, 5.74) is 1.05. The van der Waals surface area contributed by atoms with Gasteiger partial charge in [-0.05, 0) is 62.6 Å². The van der Waals surface area contributed by atoms with Gasteiger partial charge in [-0.15, -0.1) is 4.40 Å². The second-order valence-corrected chi connectivity index (χ2v) is 8.67. The molecule has 150 valence electrons. The maximum Gasteiger partial charge on any atom is 0.334 e. The van der Waals surface area contributed by atoms with Crippen LogP contribution in [-0.4, -0.2) is 43.5 Å². The summed E-state index contributed by atoms with van der Waals surface area (Å²) in [6.07, 6.45) is 2.21. The molecule has 0 aromatic heterocycles. The van der Waals surface area contributed by atoms with Crippen LogP contribution in [0.5, 0.6) is 5.75 Å². The number of fused-ring (bicyclic) bond motifs is 1. The summed E-state index contributed by atoms with van der Waals surface area (Å²) in [7, 11) is -3.76. The van der Waals surface area contributed by atoms with Gasteiger partial charge in [0.15, 0.2) is 11.6 Å². The van der Waals surface area contributed by atoms with Crippen LogP contribution in [0, 0.1) is 0 Å². The number of ketones is 1. The van der Waals surface area contributed by atoms with Gasteiger partial charge in [-0.25, -0.2) is 4.79 Å². The number of nitrogens with zero attached hydrogens (tertiary/aromatic N) is 2. The summed E-state index contributed by atoms with van der Waals surface area (Å²) in [6, 6.07) is 12.4. The molecule has 0 aliphatic carbocycles. The van der Waals surface area contributed by atoms with E-state index < -0.39 is 22.0 Å². The van der Waals surface area contributed by atoms with Gasteiger partial charge in [-0.3, -0.25) is 4.79 Å². The number of esters is 1. The number of hydrogen-bond donors (Lipinski definition) is 0. The van der Waals surface area contributed by atoms with Crippen molar-refractivity contribution < 1.29 is 22.7 Å². The van der Waals surface area contributed by atoms with E-state index in [0.29, 0.717) is 35.7 Å². The number of sulfonamides is 1. The normalized spacial score (nSPS) is 20.0. The van der Waals surface area contributed by atoms with Crippen molar-refractivity contribution in [2.75, 3.05) is 6.54 Å². The zero-order valence-electron chi connectivity index (χ0n) is 15.9. The predicted octanol–water partition coefficient (Wildman–Crippen LogP) is 2.80.